The minimum atomic E-state index is -0.313. The standard InChI is InChI=1S/C14H19FIN3O/c1-17(2)14(20)11-8-10(16)9-12(15)13(11)19-6-4-18(3)5-7-19/h8-9H,4-7H2,1-3H3. The highest BCUT2D eigenvalue weighted by Crippen LogP contribution is 2.28. The Hall–Kier alpha value is -0.890. The van der Waals surface area contributed by atoms with Crippen molar-refractivity contribution in [1.82, 2.24) is 9.80 Å². The summed E-state index contributed by atoms with van der Waals surface area (Å²) in [5, 5.41) is 0. The maximum Gasteiger partial charge on any atom is 0.255 e. The van der Waals surface area contributed by atoms with Crippen molar-refractivity contribution in [2.75, 3.05) is 52.2 Å². The van der Waals surface area contributed by atoms with Gasteiger partial charge in [0.1, 0.15) is 5.82 Å². The number of anilines is 1. The largest absolute Gasteiger partial charge is 0.366 e. The molecule has 1 aromatic carbocycles. The van der Waals surface area contributed by atoms with E-state index in [1.165, 1.54) is 11.0 Å². The van der Waals surface area contributed by atoms with Crippen molar-refractivity contribution in [3.63, 3.8) is 0 Å². The van der Waals surface area contributed by atoms with E-state index in [1.54, 1.807) is 20.2 Å². The van der Waals surface area contributed by atoms with Crippen molar-refractivity contribution in [2.24, 2.45) is 0 Å². The first-order chi connectivity index (χ1) is 9.40. The molecule has 0 unspecified atom stereocenters. The van der Waals surface area contributed by atoms with Crippen molar-refractivity contribution in [2.45, 2.75) is 0 Å². The summed E-state index contributed by atoms with van der Waals surface area (Å²) in [5.41, 5.74) is 0.890. The zero-order chi connectivity index (χ0) is 14.9. The number of nitrogens with zero attached hydrogens (tertiary/aromatic N) is 3. The molecule has 0 atom stereocenters. The van der Waals surface area contributed by atoms with E-state index in [9.17, 15) is 9.18 Å². The molecule has 6 heteroatoms. The number of rotatable bonds is 2. The quantitative estimate of drug-likeness (QED) is 0.721. The zero-order valence-corrected chi connectivity index (χ0v) is 14.1. The summed E-state index contributed by atoms with van der Waals surface area (Å²) in [6, 6.07) is 3.25. The van der Waals surface area contributed by atoms with Crippen LogP contribution in [-0.4, -0.2) is 63.0 Å². The monoisotopic (exact) mass is 391 g/mol. The molecular formula is C14H19FIN3O. The van der Waals surface area contributed by atoms with Crippen LogP contribution >= 0.6 is 22.6 Å². The van der Waals surface area contributed by atoms with Crippen LogP contribution in [0.5, 0.6) is 0 Å². The normalized spacial score (nSPS) is 16.4. The highest BCUT2D eigenvalue weighted by molar-refractivity contribution is 14.1. The molecule has 0 saturated carbocycles. The van der Waals surface area contributed by atoms with E-state index < -0.39 is 0 Å². The van der Waals surface area contributed by atoms with Gasteiger partial charge in [0.25, 0.3) is 5.91 Å². The lowest BCUT2D eigenvalue weighted by Crippen LogP contribution is -2.45. The van der Waals surface area contributed by atoms with Crippen LogP contribution in [-0.2, 0) is 0 Å². The van der Waals surface area contributed by atoms with Crippen LogP contribution in [0.15, 0.2) is 12.1 Å². The Balaban J connectivity index is 2.42. The van der Waals surface area contributed by atoms with Crippen LogP contribution in [0.2, 0.25) is 0 Å². The summed E-state index contributed by atoms with van der Waals surface area (Å²) in [4.78, 5) is 18.0. The molecule has 1 aliphatic rings. The Labute approximate surface area is 132 Å². The maximum absolute atomic E-state index is 14.4. The van der Waals surface area contributed by atoms with Crippen molar-refractivity contribution in [3.8, 4) is 0 Å². The molecule has 20 heavy (non-hydrogen) atoms. The first-order valence-corrected chi connectivity index (χ1v) is 7.62. The second-order valence-corrected chi connectivity index (χ2v) is 6.52. The maximum atomic E-state index is 14.4. The third-order valence-corrected chi connectivity index (χ3v) is 4.11. The molecule has 0 N–H and O–H groups in total. The summed E-state index contributed by atoms with van der Waals surface area (Å²) >= 11 is 2.04. The van der Waals surface area contributed by atoms with E-state index in [2.05, 4.69) is 4.90 Å². The summed E-state index contributed by atoms with van der Waals surface area (Å²) in [5.74, 6) is -0.469. The van der Waals surface area contributed by atoms with Gasteiger partial charge in [-0.25, -0.2) is 4.39 Å². The number of likely N-dealkylation sites (N-methyl/N-ethyl adjacent to an activating group) is 1. The third kappa shape index (κ3) is 3.22. The fourth-order valence-corrected chi connectivity index (χ4v) is 2.91. The molecule has 0 aliphatic carbocycles. The van der Waals surface area contributed by atoms with Crippen LogP contribution < -0.4 is 4.90 Å². The highest BCUT2D eigenvalue weighted by Gasteiger charge is 2.25. The van der Waals surface area contributed by atoms with Crippen LogP contribution in [0.3, 0.4) is 0 Å². The highest BCUT2D eigenvalue weighted by atomic mass is 127. The first kappa shape index (κ1) is 15.5. The van der Waals surface area contributed by atoms with Gasteiger partial charge in [-0.1, -0.05) is 0 Å². The second-order valence-electron chi connectivity index (χ2n) is 5.27. The van der Waals surface area contributed by atoms with Gasteiger partial charge in [-0.05, 0) is 41.8 Å². The smallest absolute Gasteiger partial charge is 0.255 e. The Morgan fingerprint density at radius 1 is 1.25 bits per heavy atom. The van der Waals surface area contributed by atoms with E-state index in [1.807, 2.05) is 34.5 Å². The van der Waals surface area contributed by atoms with Gasteiger partial charge >= 0.3 is 0 Å². The molecule has 0 spiro atoms. The van der Waals surface area contributed by atoms with Gasteiger partial charge in [-0.15, -0.1) is 0 Å². The SMILES string of the molecule is CN1CCN(c2c(F)cc(I)cc2C(=O)N(C)C)CC1. The van der Waals surface area contributed by atoms with Crippen molar-refractivity contribution in [3.05, 3.63) is 27.1 Å². The topological polar surface area (TPSA) is 26.8 Å². The summed E-state index contributed by atoms with van der Waals surface area (Å²) < 4.78 is 15.1. The van der Waals surface area contributed by atoms with Gasteiger partial charge in [0.05, 0.1) is 11.3 Å². The average molecular weight is 391 g/mol. The van der Waals surface area contributed by atoms with E-state index >= 15 is 0 Å². The number of carbonyl (C=O) groups excluding carboxylic acids is 1. The molecule has 4 nitrogen and oxygen atoms in total. The first-order valence-electron chi connectivity index (χ1n) is 6.54. The molecule has 110 valence electrons. The van der Waals surface area contributed by atoms with Crippen LogP contribution in [0.1, 0.15) is 10.4 Å². The minimum Gasteiger partial charge on any atom is -0.366 e. The zero-order valence-electron chi connectivity index (χ0n) is 12.0. The Kier molecular flexibility index (Phi) is 4.85. The van der Waals surface area contributed by atoms with E-state index in [0.717, 1.165) is 29.7 Å². The van der Waals surface area contributed by atoms with Gasteiger partial charge in [0, 0.05) is 43.8 Å². The molecule has 1 amide bonds. The van der Waals surface area contributed by atoms with Crippen LogP contribution in [0.25, 0.3) is 0 Å². The van der Waals surface area contributed by atoms with E-state index in [-0.39, 0.29) is 11.7 Å². The summed E-state index contributed by atoms with van der Waals surface area (Å²) in [6.07, 6.45) is 0. The Morgan fingerprint density at radius 3 is 2.40 bits per heavy atom. The molecule has 0 radical (unpaired) electrons. The number of halogens is 2. The van der Waals surface area contributed by atoms with E-state index in [0.29, 0.717) is 11.3 Å². The fourth-order valence-electron chi connectivity index (χ4n) is 2.32. The minimum absolute atomic E-state index is 0.156. The van der Waals surface area contributed by atoms with Gasteiger partial charge in [0.2, 0.25) is 0 Å². The van der Waals surface area contributed by atoms with Crippen molar-refractivity contribution >= 4 is 34.2 Å². The Bertz CT molecular complexity index is 513. The molecule has 1 aromatic rings. The average Bonchev–Trinajstić information content (AvgIpc) is 2.38. The van der Waals surface area contributed by atoms with Crippen LogP contribution in [0, 0.1) is 9.39 Å². The predicted molar refractivity (Wildman–Crippen MR) is 86.8 cm³/mol. The summed E-state index contributed by atoms with van der Waals surface area (Å²) in [7, 11) is 5.43. The lowest BCUT2D eigenvalue weighted by Gasteiger charge is -2.35. The predicted octanol–water partition coefficient (Wildman–Crippen LogP) is 1.88. The van der Waals surface area contributed by atoms with Crippen molar-refractivity contribution in [1.29, 1.82) is 0 Å². The lowest BCUT2D eigenvalue weighted by atomic mass is 10.1. The van der Waals surface area contributed by atoms with Gasteiger partial charge < -0.3 is 14.7 Å². The van der Waals surface area contributed by atoms with Gasteiger partial charge in [0.15, 0.2) is 0 Å². The number of piperazine rings is 1. The summed E-state index contributed by atoms with van der Waals surface area (Å²) in [6.45, 7) is 3.23. The number of hydrogen-bond acceptors (Lipinski definition) is 3. The van der Waals surface area contributed by atoms with Crippen molar-refractivity contribution < 1.29 is 9.18 Å². The third-order valence-electron chi connectivity index (χ3n) is 3.48. The second kappa shape index (κ2) is 6.26. The number of amides is 1. The molecule has 1 saturated heterocycles. The van der Waals surface area contributed by atoms with Gasteiger partial charge in [-0.3, -0.25) is 4.79 Å². The Morgan fingerprint density at radius 2 is 1.85 bits per heavy atom. The molecule has 1 aliphatic heterocycles. The van der Waals surface area contributed by atoms with Crippen LogP contribution in [0.4, 0.5) is 10.1 Å². The van der Waals surface area contributed by atoms with Gasteiger partial charge in [-0.2, -0.15) is 0 Å². The number of carbonyl (C=O) groups is 1. The molecule has 0 bridgehead atoms. The molecule has 1 heterocycles. The molecule has 0 aromatic heterocycles. The number of benzene rings is 1. The molecule has 2 rings (SSSR count). The molecule has 1 fully saturated rings. The lowest BCUT2D eigenvalue weighted by molar-refractivity contribution is 0.0827. The molecular weight excluding hydrogens is 372 g/mol. The number of hydrogen-bond donors (Lipinski definition) is 0. The van der Waals surface area contributed by atoms with E-state index in [4.69, 9.17) is 0 Å². The fraction of sp³-hybridized carbons (Fsp3) is 0.500.